The van der Waals surface area contributed by atoms with E-state index in [1.54, 1.807) is 14.2 Å². The van der Waals surface area contributed by atoms with Crippen LogP contribution in [-0.2, 0) is 4.74 Å². The van der Waals surface area contributed by atoms with Crippen LogP contribution in [0.1, 0.15) is 37.2 Å². The van der Waals surface area contributed by atoms with Crippen LogP contribution in [0, 0.1) is 11.8 Å². The number of rotatable bonds is 4. The predicted octanol–water partition coefficient (Wildman–Crippen LogP) is 4.52. The Morgan fingerprint density at radius 2 is 1.38 bits per heavy atom. The molecule has 0 unspecified atom stereocenters. The van der Waals surface area contributed by atoms with Crippen molar-refractivity contribution >= 4 is 0 Å². The highest BCUT2D eigenvalue weighted by molar-refractivity contribution is 5.46. The lowest BCUT2D eigenvalue weighted by Gasteiger charge is -2.18. The van der Waals surface area contributed by atoms with Crippen molar-refractivity contribution in [2.24, 2.45) is 11.8 Å². The quantitative estimate of drug-likeness (QED) is 0.806. The van der Waals surface area contributed by atoms with Gasteiger partial charge in [-0.2, -0.15) is 0 Å². The van der Waals surface area contributed by atoms with Crippen molar-refractivity contribution in [1.82, 2.24) is 0 Å². The van der Waals surface area contributed by atoms with E-state index in [0.29, 0.717) is 11.8 Å². The number of methoxy groups -OCH3 is 2. The van der Waals surface area contributed by atoms with Crippen LogP contribution < -0.4 is 18.9 Å². The summed E-state index contributed by atoms with van der Waals surface area (Å²) in [5.74, 6) is 3.77. The number of hydrogen-bond acceptors (Lipinski definition) is 5. The van der Waals surface area contributed by atoms with Crippen LogP contribution in [-0.4, -0.2) is 21.0 Å². The maximum absolute atomic E-state index is 6.50. The number of benzene rings is 2. The van der Waals surface area contributed by atoms with Crippen molar-refractivity contribution in [2.45, 2.75) is 26.1 Å². The molecular formula is C21H24O5. The lowest BCUT2D eigenvalue weighted by molar-refractivity contribution is 0.0288. The number of fused-ring (bicyclic) bond motifs is 1. The Kier molecular flexibility index (Phi) is 4.41. The van der Waals surface area contributed by atoms with Gasteiger partial charge in [0.2, 0.25) is 6.79 Å². The molecule has 0 aromatic heterocycles. The summed E-state index contributed by atoms with van der Waals surface area (Å²) in [6, 6.07) is 12.1. The summed E-state index contributed by atoms with van der Waals surface area (Å²) in [6.45, 7) is 4.75. The molecular weight excluding hydrogens is 332 g/mol. The summed E-state index contributed by atoms with van der Waals surface area (Å²) in [5.41, 5.74) is 2.22. The van der Waals surface area contributed by atoms with Crippen molar-refractivity contribution in [3.05, 3.63) is 47.5 Å². The standard InChI is InChI=1S/C21H24O5/c1-12-13(2)21(15-6-8-17-19(10-15)25-11-24-17)26-20(12)14-5-7-16(22-3)18(9-14)23-4/h5-10,12-13,20-21H,11H2,1-4H3/t12-,13-,20-,21+/m1/s1. The van der Waals surface area contributed by atoms with Gasteiger partial charge in [0.25, 0.3) is 0 Å². The SMILES string of the molecule is COc1ccc([C@@H]2O[C@H](c3ccc4c(c3)OCO4)[C@H](C)[C@H]2C)cc1OC. The summed E-state index contributed by atoms with van der Waals surface area (Å²) in [5, 5.41) is 0. The Balaban J connectivity index is 1.62. The minimum atomic E-state index is 0.000212. The van der Waals surface area contributed by atoms with E-state index >= 15 is 0 Å². The van der Waals surface area contributed by atoms with Gasteiger partial charge in [-0.05, 0) is 47.2 Å². The van der Waals surface area contributed by atoms with Gasteiger partial charge < -0.3 is 23.7 Å². The summed E-state index contributed by atoms with van der Waals surface area (Å²) in [4.78, 5) is 0. The summed E-state index contributed by atoms with van der Waals surface area (Å²) >= 11 is 0. The molecule has 0 amide bonds. The van der Waals surface area contributed by atoms with Gasteiger partial charge in [0.1, 0.15) is 0 Å². The summed E-state index contributed by atoms with van der Waals surface area (Å²) in [6.07, 6.45) is 0.0119. The molecule has 0 aliphatic carbocycles. The highest BCUT2D eigenvalue weighted by Gasteiger charge is 2.41. The van der Waals surface area contributed by atoms with E-state index in [-0.39, 0.29) is 19.0 Å². The number of hydrogen-bond donors (Lipinski definition) is 0. The van der Waals surface area contributed by atoms with E-state index in [2.05, 4.69) is 26.0 Å². The van der Waals surface area contributed by atoms with Gasteiger partial charge in [-0.25, -0.2) is 0 Å². The predicted molar refractivity (Wildman–Crippen MR) is 97.0 cm³/mol. The van der Waals surface area contributed by atoms with Crippen LogP contribution in [0.2, 0.25) is 0 Å². The van der Waals surface area contributed by atoms with Crippen molar-refractivity contribution in [1.29, 1.82) is 0 Å². The average Bonchev–Trinajstić information content (AvgIpc) is 3.25. The highest BCUT2D eigenvalue weighted by atomic mass is 16.7. The third-order valence-electron chi connectivity index (χ3n) is 5.54. The number of ether oxygens (including phenoxy) is 5. The highest BCUT2D eigenvalue weighted by Crippen LogP contribution is 2.50. The van der Waals surface area contributed by atoms with Gasteiger partial charge in [-0.15, -0.1) is 0 Å². The van der Waals surface area contributed by atoms with Gasteiger partial charge >= 0.3 is 0 Å². The Morgan fingerprint density at radius 3 is 2.08 bits per heavy atom. The third-order valence-corrected chi connectivity index (χ3v) is 5.54. The topological polar surface area (TPSA) is 46.2 Å². The monoisotopic (exact) mass is 356 g/mol. The molecule has 0 saturated carbocycles. The summed E-state index contributed by atoms with van der Waals surface area (Å²) in [7, 11) is 3.29. The molecule has 2 aliphatic rings. The van der Waals surface area contributed by atoms with Gasteiger partial charge in [-0.3, -0.25) is 0 Å². The maximum atomic E-state index is 6.50. The first-order valence-corrected chi connectivity index (χ1v) is 8.89. The van der Waals surface area contributed by atoms with Crippen LogP contribution >= 0.6 is 0 Å². The minimum Gasteiger partial charge on any atom is -0.493 e. The molecule has 138 valence electrons. The van der Waals surface area contributed by atoms with E-state index in [0.717, 1.165) is 34.1 Å². The van der Waals surface area contributed by atoms with Gasteiger partial charge in [-0.1, -0.05) is 26.0 Å². The van der Waals surface area contributed by atoms with Crippen molar-refractivity contribution in [2.75, 3.05) is 21.0 Å². The molecule has 4 atom stereocenters. The van der Waals surface area contributed by atoms with Crippen LogP contribution in [0.15, 0.2) is 36.4 Å². The van der Waals surface area contributed by atoms with Crippen LogP contribution in [0.5, 0.6) is 23.0 Å². The molecule has 0 radical (unpaired) electrons. The fourth-order valence-corrected chi connectivity index (χ4v) is 3.84. The first kappa shape index (κ1) is 17.0. The molecule has 1 saturated heterocycles. The van der Waals surface area contributed by atoms with E-state index in [4.69, 9.17) is 23.7 Å². The lowest BCUT2D eigenvalue weighted by Crippen LogP contribution is -2.10. The molecule has 4 rings (SSSR count). The van der Waals surface area contributed by atoms with Crippen LogP contribution in [0.3, 0.4) is 0 Å². The molecule has 2 aromatic rings. The lowest BCUT2D eigenvalue weighted by atomic mass is 9.85. The minimum absolute atomic E-state index is 0.000212. The maximum Gasteiger partial charge on any atom is 0.231 e. The molecule has 2 aliphatic heterocycles. The average molecular weight is 356 g/mol. The smallest absolute Gasteiger partial charge is 0.231 e. The van der Waals surface area contributed by atoms with Gasteiger partial charge in [0, 0.05) is 0 Å². The Morgan fingerprint density at radius 1 is 0.769 bits per heavy atom. The second kappa shape index (κ2) is 6.72. The Bertz CT molecular complexity index is 803. The third kappa shape index (κ3) is 2.76. The van der Waals surface area contributed by atoms with E-state index in [1.807, 2.05) is 24.3 Å². The molecule has 1 fully saturated rings. The van der Waals surface area contributed by atoms with Crippen molar-refractivity contribution in [3.8, 4) is 23.0 Å². The van der Waals surface area contributed by atoms with Gasteiger partial charge in [0.15, 0.2) is 23.0 Å². The molecule has 5 heteroatoms. The zero-order valence-electron chi connectivity index (χ0n) is 15.5. The molecule has 5 nitrogen and oxygen atoms in total. The van der Waals surface area contributed by atoms with Gasteiger partial charge in [0.05, 0.1) is 26.4 Å². The Labute approximate surface area is 153 Å². The molecule has 0 N–H and O–H groups in total. The van der Waals surface area contributed by atoms with Crippen molar-refractivity contribution in [3.63, 3.8) is 0 Å². The summed E-state index contributed by atoms with van der Waals surface area (Å²) < 4.78 is 28.2. The zero-order valence-corrected chi connectivity index (χ0v) is 15.5. The molecule has 0 spiro atoms. The molecule has 2 heterocycles. The first-order valence-electron chi connectivity index (χ1n) is 8.89. The molecule has 0 bridgehead atoms. The fourth-order valence-electron chi connectivity index (χ4n) is 3.84. The second-order valence-electron chi connectivity index (χ2n) is 6.92. The zero-order chi connectivity index (χ0) is 18.3. The van der Waals surface area contributed by atoms with E-state index < -0.39 is 0 Å². The second-order valence-corrected chi connectivity index (χ2v) is 6.92. The van der Waals surface area contributed by atoms with Crippen LogP contribution in [0.25, 0.3) is 0 Å². The van der Waals surface area contributed by atoms with E-state index in [1.165, 1.54) is 0 Å². The Hall–Kier alpha value is -2.40. The fraction of sp³-hybridized carbons (Fsp3) is 0.429. The van der Waals surface area contributed by atoms with Crippen molar-refractivity contribution < 1.29 is 23.7 Å². The molecule has 26 heavy (non-hydrogen) atoms. The van der Waals surface area contributed by atoms with Crippen LogP contribution in [0.4, 0.5) is 0 Å². The first-order chi connectivity index (χ1) is 12.6. The molecule has 2 aromatic carbocycles. The van der Waals surface area contributed by atoms with E-state index in [9.17, 15) is 0 Å². The largest absolute Gasteiger partial charge is 0.493 e. The normalized spacial score (nSPS) is 26.8.